The molecule has 2 aliphatic heterocycles. The van der Waals surface area contributed by atoms with Crippen molar-refractivity contribution in [3.63, 3.8) is 0 Å². The van der Waals surface area contributed by atoms with Gasteiger partial charge >= 0.3 is 6.09 Å². The van der Waals surface area contributed by atoms with Gasteiger partial charge in [0, 0.05) is 32.1 Å². The number of amides is 3. The molecule has 0 bridgehead atoms. The van der Waals surface area contributed by atoms with Crippen LogP contribution in [0.1, 0.15) is 24.8 Å². The van der Waals surface area contributed by atoms with E-state index in [-0.39, 0.29) is 24.4 Å². The second-order valence-electron chi connectivity index (χ2n) is 7.16. The Hall–Kier alpha value is -2.57. The van der Waals surface area contributed by atoms with Crippen LogP contribution in [0.5, 0.6) is 0 Å². The van der Waals surface area contributed by atoms with Crippen LogP contribution in [0.4, 0.5) is 4.79 Å². The van der Waals surface area contributed by atoms with Gasteiger partial charge in [-0.15, -0.1) is 0 Å². The van der Waals surface area contributed by atoms with Crippen molar-refractivity contribution >= 4 is 17.9 Å². The molecule has 0 aliphatic carbocycles. The second kappa shape index (κ2) is 8.88. The lowest BCUT2D eigenvalue weighted by atomic mass is 9.83. The number of methoxy groups -OCH3 is 1. The monoisotopic (exact) mass is 373 g/mol. The molecule has 0 unspecified atom stereocenters. The van der Waals surface area contributed by atoms with Crippen LogP contribution < -0.4 is 5.32 Å². The third-order valence-electron chi connectivity index (χ3n) is 5.55. The van der Waals surface area contributed by atoms with Crippen LogP contribution in [-0.2, 0) is 20.7 Å². The number of carbonyl (C=O) groups is 3. The van der Waals surface area contributed by atoms with Gasteiger partial charge in [0.25, 0.3) is 0 Å². The van der Waals surface area contributed by atoms with E-state index >= 15 is 0 Å². The smallest absolute Gasteiger partial charge is 0.407 e. The number of carbonyl (C=O) groups excluding carboxylic acids is 3. The number of fused-ring (bicyclic) bond motifs is 1. The summed E-state index contributed by atoms with van der Waals surface area (Å²) in [4.78, 5) is 39.8. The summed E-state index contributed by atoms with van der Waals surface area (Å²) >= 11 is 0. The van der Waals surface area contributed by atoms with Gasteiger partial charge in [0.05, 0.1) is 7.11 Å². The summed E-state index contributed by atoms with van der Waals surface area (Å²) in [6, 6.07) is 10.4. The lowest BCUT2D eigenvalue weighted by molar-refractivity contribution is -0.143. The van der Waals surface area contributed by atoms with Crippen LogP contribution in [0, 0.1) is 5.92 Å². The third-order valence-corrected chi connectivity index (χ3v) is 5.55. The molecule has 0 aromatic heterocycles. The van der Waals surface area contributed by atoms with Crippen molar-refractivity contribution in [2.75, 3.05) is 33.3 Å². The SMILES string of the molecule is COC(=O)NCC(=O)N1CC[C@@H]2[C@@H](CCC(=O)N2CCc2ccccc2)C1. The number of likely N-dealkylation sites (tertiary alicyclic amines) is 2. The summed E-state index contributed by atoms with van der Waals surface area (Å²) in [5.41, 5.74) is 1.23. The summed E-state index contributed by atoms with van der Waals surface area (Å²) in [6.07, 6.45) is 2.39. The number of piperidine rings is 2. The minimum atomic E-state index is -0.603. The molecule has 7 nitrogen and oxygen atoms in total. The van der Waals surface area contributed by atoms with Crippen LogP contribution in [0.2, 0.25) is 0 Å². The molecule has 3 rings (SSSR count). The number of nitrogens with zero attached hydrogens (tertiary/aromatic N) is 2. The molecule has 1 N–H and O–H groups in total. The van der Waals surface area contributed by atoms with Crippen molar-refractivity contribution in [2.24, 2.45) is 5.92 Å². The van der Waals surface area contributed by atoms with Crippen molar-refractivity contribution in [3.05, 3.63) is 35.9 Å². The Morgan fingerprint density at radius 1 is 1.22 bits per heavy atom. The Morgan fingerprint density at radius 2 is 2.00 bits per heavy atom. The lowest BCUT2D eigenvalue weighted by Gasteiger charge is -2.47. The number of benzene rings is 1. The van der Waals surface area contributed by atoms with Gasteiger partial charge in [-0.3, -0.25) is 9.59 Å². The topological polar surface area (TPSA) is 79.0 Å². The number of rotatable bonds is 5. The largest absolute Gasteiger partial charge is 0.453 e. The molecular formula is C20H27N3O4. The highest BCUT2D eigenvalue weighted by atomic mass is 16.5. The van der Waals surface area contributed by atoms with Gasteiger partial charge in [-0.05, 0) is 30.7 Å². The molecule has 2 atom stereocenters. The average Bonchev–Trinajstić information content (AvgIpc) is 2.71. The summed E-state index contributed by atoms with van der Waals surface area (Å²) in [7, 11) is 1.27. The maximum atomic E-state index is 12.5. The molecule has 2 aliphatic rings. The van der Waals surface area contributed by atoms with Crippen molar-refractivity contribution in [2.45, 2.75) is 31.7 Å². The van der Waals surface area contributed by atoms with Crippen molar-refractivity contribution in [1.82, 2.24) is 15.1 Å². The van der Waals surface area contributed by atoms with Crippen LogP contribution in [0.15, 0.2) is 30.3 Å². The van der Waals surface area contributed by atoms with E-state index in [1.807, 2.05) is 23.1 Å². The number of alkyl carbamates (subject to hydrolysis) is 1. The van der Waals surface area contributed by atoms with Crippen LogP contribution >= 0.6 is 0 Å². The van der Waals surface area contributed by atoms with E-state index in [9.17, 15) is 14.4 Å². The van der Waals surface area contributed by atoms with E-state index < -0.39 is 6.09 Å². The predicted octanol–water partition coefficient (Wildman–Crippen LogP) is 1.42. The summed E-state index contributed by atoms with van der Waals surface area (Å²) in [5, 5.41) is 2.44. The number of hydrogen-bond acceptors (Lipinski definition) is 4. The zero-order valence-corrected chi connectivity index (χ0v) is 15.7. The van der Waals surface area contributed by atoms with Gasteiger partial charge in [0.2, 0.25) is 11.8 Å². The van der Waals surface area contributed by atoms with Gasteiger partial charge in [0.1, 0.15) is 6.54 Å². The van der Waals surface area contributed by atoms with Crippen LogP contribution in [-0.4, -0.2) is 67.0 Å². The first-order chi connectivity index (χ1) is 13.1. The number of hydrogen-bond donors (Lipinski definition) is 1. The Labute approximate surface area is 159 Å². The quantitative estimate of drug-likeness (QED) is 0.847. The van der Waals surface area contributed by atoms with E-state index in [4.69, 9.17) is 0 Å². The Morgan fingerprint density at radius 3 is 2.74 bits per heavy atom. The van der Waals surface area contributed by atoms with Gasteiger partial charge in [-0.1, -0.05) is 30.3 Å². The van der Waals surface area contributed by atoms with E-state index in [1.165, 1.54) is 12.7 Å². The summed E-state index contributed by atoms with van der Waals surface area (Å²) in [5.74, 6) is 0.417. The van der Waals surface area contributed by atoms with Crippen molar-refractivity contribution in [3.8, 4) is 0 Å². The van der Waals surface area contributed by atoms with E-state index in [1.54, 1.807) is 4.90 Å². The van der Waals surface area contributed by atoms with Crippen LogP contribution in [0.25, 0.3) is 0 Å². The molecule has 0 spiro atoms. The molecule has 146 valence electrons. The highest BCUT2D eigenvalue weighted by Crippen LogP contribution is 2.31. The molecule has 2 heterocycles. The lowest BCUT2D eigenvalue weighted by Crippen LogP contribution is -2.58. The second-order valence-corrected chi connectivity index (χ2v) is 7.16. The molecule has 2 fully saturated rings. The molecule has 7 heteroatoms. The minimum absolute atomic E-state index is 0.0548. The molecule has 0 saturated carbocycles. The predicted molar refractivity (Wildman–Crippen MR) is 100.0 cm³/mol. The van der Waals surface area contributed by atoms with Gasteiger partial charge in [-0.25, -0.2) is 4.79 Å². The summed E-state index contributed by atoms with van der Waals surface area (Å²) < 4.78 is 4.50. The molecular weight excluding hydrogens is 346 g/mol. The van der Waals surface area contributed by atoms with Crippen molar-refractivity contribution in [1.29, 1.82) is 0 Å². The fraction of sp³-hybridized carbons (Fsp3) is 0.550. The molecule has 2 saturated heterocycles. The van der Waals surface area contributed by atoms with Gasteiger partial charge < -0.3 is 19.9 Å². The highest BCUT2D eigenvalue weighted by molar-refractivity contribution is 5.82. The maximum absolute atomic E-state index is 12.5. The van der Waals surface area contributed by atoms with E-state index in [0.717, 1.165) is 25.8 Å². The van der Waals surface area contributed by atoms with Gasteiger partial charge in [-0.2, -0.15) is 0 Å². The summed E-state index contributed by atoms with van der Waals surface area (Å²) in [6.45, 7) is 1.92. The standard InChI is InChI=1S/C20H27N3O4/c1-27-20(26)21-13-19(25)22-11-10-17-16(14-22)7-8-18(24)23(17)12-9-15-5-3-2-4-6-15/h2-6,16-17H,7-14H2,1H3,(H,21,26)/t16-,17+/m0/s1. The fourth-order valence-corrected chi connectivity index (χ4v) is 4.09. The molecule has 1 aromatic carbocycles. The first kappa shape index (κ1) is 19.2. The first-order valence-electron chi connectivity index (χ1n) is 9.51. The van der Waals surface area contributed by atoms with Gasteiger partial charge in [0.15, 0.2) is 0 Å². The number of nitrogens with one attached hydrogen (secondary N) is 1. The Kier molecular flexibility index (Phi) is 6.32. The molecule has 27 heavy (non-hydrogen) atoms. The fourth-order valence-electron chi connectivity index (χ4n) is 4.09. The maximum Gasteiger partial charge on any atom is 0.407 e. The molecule has 1 aromatic rings. The van der Waals surface area contributed by atoms with E-state index in [2.05, 4.69) is 22.2 Å². The average molecular weight is 373 g/mol. The third kappa shape index (κ3) is 4.78. The van der Waals surface area contributed by atoms with Crippen molar-refractivity contribution < 1.29 is 19.1 Å². The Bertz CT molecular complexity index is 679. The Balaban J connectivity index is 1.56. The minimum Gasteiger partial charge on any atom is -0.453 e. The highest BCUT2D eigenvalue weighted by Gasteiger charge is 2.40. The number of ether oxygens (including phenoxy) is 1. The zero-order valence-electron chi connectivity index (χ0n) is 15.7. The molecule has 3 amide bonds. The van der Waals surface area contributed by atoms with E-state index in [0.29, 0.717) is 25.4 Å². The van der Waals surface area contributed by atoms with Crippen LogP contribution in [0.3, 0.4) is 0 Å². The molecule has 0 radical (unpaired) electrons. The normalized spacial score (nSPS) is 22.2. The zero-order chi connectivity index (χ0) is 19.2. The first-order valence-corrected chi connectivity index (χ1v) is 9.51.